The summed E-state index contributed by atoms with van der Waals surface area (Å²) >= 11 is 0. The summed E-state index contributed by atoms with van der Waals surface area (Å²) in [5.41, 5.74) is 0.793. The third-order valence-electron chi connectivity index (χ3n) is 3.28. The molecular formula is C14H22N2O3. The topological polar surface area (TPSA) is 75.4 Å². The molecule has 2 N–H and O–H groups in total. The minimum absolute atomic E-state index is 0.0351. The largest absolute Gasteiger partial charge is 0.396 e. The van der Waals surface area contributed by atoms with E-state index in [0.717, 1.165) is 0 Å². The van der Waals surface area contributed by atoms with Crippen LogP contribution in [0.1, 0.15) is 38.8 Å². The fourth-order valence-electron chi connectivity index (χ4n) is 1.95. The molecule has 1 unspecified atom stereocenters. The van der Waals surface area contributed by atoms with Gasteiger partial charge in [0.05, 0.1) is 4.92 Å². The summed E-state index contributed by atoms with van der Waals surface area (Å²) < 4.78 is 0. The van der Waals surface area contributed by atoms with Crippen molar-refractivity contribution in [3.05, 3.63) is 39.9 Å². The van der Waals surface area contributed by atoms with Crippen LogP contribution in [0.5, 0.6) is 0 Å². The molecule has 5 heteroatoms. The molecule has 5 nitrogen and oxygen atoms in total. The average molecular weight is 266 g/mol. The molecule has 0 bridgehead atoms. The number of aliphatic hydroxyl groups is 1. The second-order valence-corrected chi connectivity index (χ2v) is 5.56. The quantitative estimate of drug-likeness (QED) is 0.587. The Kier molecular flexibility index (Phi) is 5.44. The zero-order chi connectivity index (χ0) is 14.5. The number of benzene rings is 1. The lowest BCUT2D eigenvalue weighted by Gasteiger charge is -2.26. The Balaban J connectivity index is 2.74. The maximum Gasteiger partial charge on any atom is 0.274 e. The van der Waals surface area contributed by atoms with E-state index < -0.39 is 0 Å². The molecule has 1 atom stereocenters. The molecule has 0 fully saturated rings. The van der Waals surface area contributed by atoms with E-state index in [2.05, 4.69) is 19.2 Å². The Morgan fingerprint density at radius 3 is 2.63 bits per heavy atom. The van der Waals surface area contributed by atoms with Crippen molar-refractivity contribution in [3.8, 4) is 0 Å². The molecule has 1 aromatic rings. The van der Waals surface area contributed by atoms with Gasteiger partial charge in [0.15, 0.2) is 0 Å². The summed E-state index contributed by atoms with van der Waals surface area (Å²) in [7, 11) is 0. The second-order valence-electron chi connectivity index (χ2n) is 5.56. The van der Waals surface area contributed by atoms with Gasteiger partial charge < -0.3 is 10.4 Å². The van der Waals surface area contributed by atoms with E-state index in [-0.39, 0.29) is 28.7 Å². The third kappa shape index (κ3) is 4.61. The van der Waals surface area contributed by atoms with Crippen LogP contribution in [0.15, 0.2) is 24.3 Å². The summed E-state index contributed by atoms with van der Waals surface area (Å²) in [6.07, 6.45) is 0.698. The van der Waals surface area contributed by atoms with E-state index in [1.807, 2.05) is 6.92 Å². The summed E-state index contributed by atoms with van der Waals surface area (Å²) in [6.45, 7) is 6.87. The van der Waals surface area contributed by atoms with Crippen LogP contribution in [0.25, 0.3) is 0 Å². The van der Waals surface area contributed by atoms with Gasteiger partial charge in [-0.1, -0.05) is 32.0 Å². The van der Waals surface area contributed by atoms with E-state index in [0.29, 0.717) is 18.5 Å². The Hall–Kier alpha value is -1.46. The average Bonchev–Trinajstić information content (AvgIpc) is 2.36. The summed E-state index contributed by atoms with van der Waals surface area (Å²) in [5.74, 6) is 0. The molecule has 0 heterocycles. The molecule has 1 rings (SSSR count). The van der Waals surface area contributed by atoms with Gasteiger partial charge in [0.25, 0.3) is 5.69 Å². The van der Waals surface area contributed by atoms with Crippen LogP contribution in [0, 0.1) is 15.5 Å². The maximum atomic E-state index is 11.0. The summed E-state index contributed by atoms with van der Waals surface area (Å²) in [5, 5.41) is 23.3. The molecule has 1 aromatic carbocycles. The number of hydrogen-bond acceptors (Lipinski definition) is 4. The van der Waals surface area contributed by atoms with Crippen LogP contribution < -0.4 is 5.32 Å². The van der Waals surface area contributed by atoms with Crippen molar-refractivity contribution in [3.63, 3.8) is 0 Å². The smallest absolute Gasteiger partial charge is 0.274 e. The molecule has 0 saturated carbocycles. The minimum atomic E-state index is -0.355. The van der Waals surface area contributed by atoms with Gasteiger partial charge in [0.1, 0.15) is 0 Å². The van der Waals surface area contributed by atoms with Crippen LogP contribution in [0.3, 0.4) is 0 Å². The standard InChI is InChI=1S/C14H22N2O3/c1-11(15-10-14(2,3)8-9-17)12-6-4-5-7-13(12)16(18)19/h4-7,11,15,17H,8-10H2,1-3H3. The molecule has 0 aliphatic heterocycles. The number of nitrogens with zero attached hydrogens (tertiary/aromatic N) is 1. The van der Waals surface area contributed by atoms with Crippen LogP contribution >= 0.6 is 0 Å². The number of rotatable bonds is 7. The van der Waals surface area contributed by atoms with Gasteiger partial charge in [-0.3, -0.25) is 10.1 Å². The Morgan fingerprint density at radius 1 is 1.42 bits per heavy atom. The molecule has 0 aliphatic carbocycles. The second kappa shape index (κ2) is 6.63. The van der Waals surface area contributed by atoms with E-state index >= 15 is 0 Å². The lowest BCUT2D eigenvalue weighted by molar-refractivity contribution is -0.385. The highest BCUT2D eigenvalue weighted by atomic mass is 16.6. The molecule has 19 heavy (non-hydrogen) atoms. The zero-order valence-electron chi connectivity index (χ0n) is 11.7. The number of para-hydroxylation sites is 1. The maximum absolute atomic E-state index is 11.0. The Bertz CT molecular complexity index is 432. The van der Waals surface area contributed by atoms with E-state index in [1.165, 1.54) is 6.07 Å². The monoisotopic (exact) mass is 266 g/mol. The van der Waals surface area contributed by atoms with Crippen LogP contribution in [0.2, 0.25) is 0 Å². The van der Waals surface area contributed by atoms with Crippen molar-refractivity contribution in [2.24, 2.45) is 5.41 Å². The number of hydrogen-bond donors (Lipinski definition) is 2. The number of nitrogens with one attached hydrogen (secondary N) is 1. The van der Waals surface area contributed by atoms with Crippen LogP contribution in [-0.2, 0) is 0 Å². The highest BCUT2D eigenvalue weighted by Crippen LogP contribution is 2.26. The van der Waals surface area contributed by atoms with E-state index in [1.54, 1.807) is 18.2 Å². The van der Waals surface area contributed by atoms with Crippen molar-refractivity contribution >= 4 is 5.69 Å². The van der Waals surface area contributed by atoms with Gasteiger partial charge in [0, 0.05) is 30.8 Å². The minimum Gasteiger partial charge on any atom is -0.396 e. The van der Waals surface area contributed by atoms with Gasteiger partial charge in [-0.05, 0) is 18.8 Å². The first-order valence-electron chi connectivity index (χ1n) is 6.45. The van der Waals surface area contributed by atoms with Crippen molar-refractivity contribution in [1.82, 2.24) is 5.32 Å². The Morgan fingerprint density at radius 2 is 2.05 bits per heavy atom. The highest BCUT2D eigenvalue weighted by Gasteiger charge is 2.21. The SMILES string of the molecule is CC(NCC(C)(C)CCO)c1ccccc1[N+](=O)[O-]. The molecule has 0 amide bonds. The first kappa shape index (κ1) is 15.6. The van der Waals surface area contributed by atoms with Crippen molar-refractivity contribution in [1.29, 1.82) is 0 Å². The first-order valence-corrected chi connectivity index (χ1v) is 6.45. The van der Waals surface area contributed by atoms with Gasteiger partial charge in [-0.15, -0.1) is 0 Å². The third-order valence-corrected chi connectivity index (χ3v) is 3.28. The summed E-state index contributed by atoms with van der Waals surface area (Å²) in [4.78, 5) is 10.6. The first-order chi connectivity index (χ1) is 8.87. The van der Waals surface area contributed by atoms with Gasteiger partial charge in [0.2, 0.25) is 0 Å². The molecule has 0 radical (unpaired) electrons. The summed E-state index contributed by atoms with van der Waals surface area (Å²) in [6, 6.07) is 6.67. The number of nitro groups is 1. The van der Waals surface area contributed by atoms with Gasteiger partial charge in [-0.2, -0.15) is 0 Å². The van der Waals surface area contributed by atoms with Crippen molar-refractivity contribution < 1.29 is 10.0 Å². The highest BCUT2D eigenvalue weighted by molar-refractivity contribution is 5.41. The van der Waals surface area contributed by atoms with E-state index in [4.69, 9.17) is 5.11 Å². The zero-order valence-corrected chi connectivity index (χ0v) is 11.7. The van der Waals surface area contributed by atoms with Crippen molar-refractivity contribution in [2.45, 2.75) is 33.2 Å². The number of nitro benzene ring substituents is 1. The molecule has 0 aliphatic rings. The predicted molar refractivity (Wildman–Crippen MR) is 75.0 cm³/mol. The molecule has 0 saturated heterocycles. The molecule has 0 aromatic heterocycles. The lowest BCUT2D eigenvalue weighted by Crippen LogP contribution is -2.32. The normalized spacial score (nSPS) is 13.3. The van der Waals surface area contributed by atoms with Crippen LogP contribution in [0.4, 0.5) is 5.69 Å². The van der Waals surface area contributed by atoms with Crippen molar-refractivity contribution in [2.75, 3.05) is 13.2 Å². The Labute approximate surface area is 113 Å². The van der Waals surface area contributed by atoms with Gasteiger partial charge in [-0.25, -0.2) is 0 Å². The lowest BCUT2D eigenvalue weighted by atomic mass is 9.89. The predicted octanol–water partition coefficient (Wildman–Crippen LogP) is 2.65. The number of aliphatic hydroxyl groups excluding tert-OH is 1. The molecular weight excluding hydrogens is 244 g/mol. The van der Waals surface area contributed by atoms with E-state index in [9.17, 15) is 10.1 Å². The molecule has 0 spiro atoms. The fraction of sp³-hybridized carbons (Fsp3) is 0.571. The fourth-order valence-corrected chi connectivity index (χ4v) is 1.95. The molecule has 106 valence electrons. The van der Waals surface area contributed by atoms with Crippen LogP contribution in [-0.4, -0.2) is 23.2 Å². The van der Waals surface area contributed by atoms with Gasteiger partial charge >= 0.3 is 0 Å².